The Morgan fingerprint density at radius 1 is 0.833 bits per heavy atom. The molecule has 0 aliphatic carbocycles. The van der Waals surface area contributed by atoms with Gasteiger partial charge in [0.1, 0.15) is 0 Å². The average Bonchev–Trinajstić information content (AvgIpc) is 2.47. The summed E-state index contributed by atoms with van der Waals surface area (Å²) in [4.78, 5) is 24.1. The van der Waals surface area contributed by atoms with Crippen LogP contribution in [-0.4, -0.2) is 11.6 Å². The lowest BCUT2D eigenvalue weighted by Gasteiger charge is -2.09. The number of rotatable bonds is 4. The molecule has 0 radical (unpaired) electrons. The van der Waals surface area contributed by atoms with E-state index in [2.05, 4.69) is 0 Å². The summed E-state index contributed by atoms with van der Waals surface area (Å²) in [6, 6.07) is 18.0. The van der Waals surface area contributed by atoms with Crippen molar-refractivity contribution in [2.24, 2.45) is 0 Å². The molecule has 0 saturated heterocycles. The van der Waals surface area contributed by atoms with E-state index in [9.17, 15) is 9.59 Å². The fourth-order valence-corrected chi connectivity index (χ4v) is 1.82. The average molecular weight is 238 g/mol. The van der Waals surface area contributed by atoms with Crippen LogP contribution in [0.25, 0.3) is 0 Å². The van der Waals surface area contributed by atoms with Crippen molar-refractivity contribution in [2.45, 2.75) is 12.8 Å². The van der Waals surface area contributed by atoms with Crippen LogP contribution in [0.3, 0.4) is 0 Å². The summed E-state index contributed by atoms with van der Waals surface area (Å²) in [6.45, 7) is 1.76. The van der Waals surface area contributed by atoms with E-state index in [1.165, 1.54) is 0 Å². The number of ketones is 2. The molecule has 0 spiro atoms. The summed E-state index contributed by atoms with van der Waals surface area (Å²) in [6.07, 6.45) is 0. The molecule has 1 atom stereocenters. The van der Waals surface area contributed by atoms with Crippen LogP contribution in [0.15, 0.2) is 60.7 Å². The van der Waals surface area contributed by atoms with Crippen LogP contribution in [0.5, 0.6) is 0 Å². The Labute approximate surface area is 106 Å². The van der Waals surface area contributed by atoms with Gasteiger partial charge in [-0.15, -0.1) is 0 Å². The second-order valence-corrected chi connectivity index (χ2v) is 4.19. The number of hydrogen-bond acceptors (Lipinski definition) is 2. The topological polar surface area (TPSA) is 34.1 Å². The SMILES string of the molecule is CC(C(=O)C(=O)c1ccccc1)c1ccccc1. The molecule has 0 aliphatic rings. The molecular weight excluding hydrogens is 224 g/mol. The standard InChI is InChI=1S/C16H14O2/c1-12(13-8-4-2-5-9-13)15(17)16(18)14-10-6-3-7-11-14/h2-12H,1H3. The molecule has 2 aromatic rings. The first kappa shape index (κ1) is 12.2. The largest absolute Gasteiger partial charge is 0.290 e. The molecule has 1 unspecified atom stereocenters. The van der Waals surface area contributed by atoms with Crippen LogP contribution in [0.2, 0.25) is 0 Å². The van der Waals surface area contributed by atoms with Crippen molar-refractivity contribution in [3.63, 3.8) is 0 Å². The molecule has 90 valence electrons. The number of carbonyl (C=O) groups is 2. The minimum absolute atomic E-state index is 0.368. The smallest absolute Gasteiger partial charge is 0.229 e. The Balaban J connectivity index is 2.20. The molecule has 0 aromatic heterocycles. The highest BCUT2D eigenvalue weighted by Gasteiger charge is 2.23. The van der Waals surface area contributed by atoms with E-state index < -0.39 is 11.7 Å². The predicted molar refractivity (Wildman–Crippen MR) is 70.6 cm³/mol. The lowest BCUT2D eigenvalue weighted by atomic mass is 9.92. The van der Waals surface area contributed by atoms with Crippen molar-refractivity contribution in [3.05, 3.63) is 71.8 Å². The Morgan fingerprint density at radius 3 is 1.89 bits per heavy atom. The number of Topliss-reactive ketones (excluding diaryl/α,β-unsaturated/α-hetero) is 2. The quantitative estimate of drug-likeness (QED) is 0.605. The fourth-order valence-electron chi connectivity index (χ4n) is 1.82. The van der Waals surface area contributed by atoms with E-state index >= 15 is 0 Å². The van der Waals surface area contributed by atoms with E-state index in [0.717, 1.165) is 5.56 Å². The van der Waals surface area contributed by atoms with Crippen LogP contribution in [-0.2, 0) is 4.79 Å². The van der Waals surface area contributed by atoms with E-state index in [1.54, 1.807) is 31.2 Å². The van der Waals surface area contributed by atoms with Crippen molar-refractivity contribution < 1.29 is 9.59 Å². The Bertz CT molecular complexity index is 544. The van der Waals surface area contributed by atoms with Gasteiger partial charge in [0.2, 0.25) is 11.6 Å². The van der Waals surface area contributed by atoms with Gasteiger partial charge < -0.3 is 0 Å². The highest BCUT2D eigenvalue weighted by molar-refractivity contribution is 6.45. The minimum atomic E-state index is -0.424. The van der Waals surface area contributed by atoms with Gasteiger partial charge in [-0.3, -0.25) is 9.59 Å². The highest BCUT2D eigenvalue weighted by atomic mass is 16.2. The zero-order chi connectivity index (χ0) is 13.0. The van der Waals surface area contributed by atoms with Crippen LogP contribution < -0.4 is 0 Å². The molecule has 2 heteroatoms. The zero-order valence-corrected chi connectivity index (χ0v) is 10.2. The van der Waals surface area contributed by atoms with Crippen LogP contribution in [0.1, 0.15) is 28.8 Å². The third kappa shape index (κ3) is 2.54. The normalized spacial score (nSPS) is 11.8. The van der Waals surface area contributed by atoms with Gasteiger partial charge in [-0.05, 0) is 5.56 Å². The monoisotopic (exact) mass is 238 g/mol. The maximum absolute atomic E-state index is 12.1. The summed E-state index contributed by atoms with van der Waals surface area (Å²) in [5, 5.41) is 0. The summed E-state index contributed by atoms with van der Waals surface area (Å²) < 4.78 is 0. The van der Waals surface area contributed by atoms with Gasteiger partial charge in [0.05, 0.1) is 0 Å². The number of benzene rings is 2. The van der Waals surface area contributed by atoms with Crippen LogP contribution in [0, 0.1) is 0 Å². The molecule has 2 rings (SSSR count). The lowest BCUT2D eigenvalue weighted by Crippen LogP contribution is -2.20. The summed E-state index contributed by atoms with van der Waals surface area (Å²) in [5.41, 5.74) is 1.32. The molecule has 2 nitrogen and oxygen atoms in total. The number of carbonyl (C=O) groups excluding carboxylic acids is 2. The molecule has 0 amide bonds. The first-order valence-electron chi connectivity index (χ1n) is 5.88. The second-order valence-electron chi connectivity index (χ2n) is 4.19. The first-order chi connectivity index (χ1) is 8.70. The fraction of sp³-hybridized carbons (Fsp3) is 0.125. The summed E-state index contributed by atoms with van der Waals surface area (Å²) in [5.74, 6) is -1.20. The van der Waals surface area contributed by atoms with Gasteiger partial charge in [0, 0.05) is 11.5 Å². The highest BCUT2D eigenvalue weighted by Crippen LogP contribution is 2.17. The van der Waals surface area contributed by atoms with Gasteiger partial charge in [-0.25, -0.2) is 0 Å². The molecular formula is C16H14O2. The van der Waals surface area contributed by atoms with Crippen molar-refractivity contribution in [1.29, 1.82) is 0 Å². The van der Waals surface area contributed by atoms with Gasteiger partial charge in [0.15, 0.2) is 0 Å². The van der Waals surface area contributed by atoms with Crippen molar-refractivity contribution in [2.75, 3.05) is 0 Å². The van der Waals surface area contributed by atoms with E-state index in [1.807, 2.05) is 36.4 Å². The van der Waals surface area contributed by atoms with E-state index in [4.69, 9.17) is 0 Å². The molecule has 0 saturated carbocycles. The third-order valence-corrected chi connectivity index (χ3v) is 2.95. The van der Waals surface area contributed by atoms with Gasteiger partial charge in [-0.2, -0.15) is 0 Å². The Hall–Kier alpha value is -2.22. The van der Waals surface area contributed by atoms with Crippen LogP contribution >= 0.6 is 0 Å². The second kappa shape index (κ2) is 5.41. The molecule has 0 N–H and O–H groups in total. The van der Waals surface area contributed by atoms with Gasteiger partial charge in [0.25, 0.3) is 0 Å². The Morgan fingerprint density at radius 2 is 1.33 bits per heavy atom. The molecule has 2 aromatic carbocycles. The van der Waals surface area contributed by atoms with Gasteiger partial charge >= 0.3 is 0 Å². The predicted octanol–water partition coefficient (Wildman–Crippen LogP) is 3.24. The first-order valence-corrected chi connectivity index (χ1v) is 5.88. The number of hydrogen-bond donors (Lipinski definition) is 0. The van der Waals surface area contributed by atoms with Crippen molar-refractivity contribution >= 4 is 11.6 Å². The molecule has 0 heterocycles. The zero-order valence-electron chi connectivity index (χ0n) is 10.2. The van der Waals surface area contributed by atoms with E-state index in [-0.39, 0.29) is 5.78 Å². The van der Waals surface area contributed by atoms with Crippen molar-refractivity contribution in [1.82, 2.24) is 0 Å². The lowest BCUT2D eigenvalue weighted by molar-refractivity contribution is -0.116. The molecule has 0 fully saturated rings. The summed E-state index contributed by atoms with van der Waals surface area (Å²) in [7, 11) is 0. The molecule has 0 aliphatic heterocycles. The maximum atomic E-state index is 12.1. The van der Waals surface area contributed by atoms with Gasteiger partial charge in [-0.1, -0.05) is 67.6 Å². The van der Waals surface area contributed by atoms with E-state index in [0.29, 0.717) is 5.56 Å². The summed E-state index contributed by atoms with van der Waals surface area (Å²) >= 11 is 0. The minimum Gasteiger partial charge on any atom is -0.290 e. The van der Waals surface area contributed by atoms with Crippen molar-refractivity contribution in [3.8, 4) is 0 Å². The molecule has 18 heavy (non-hydrogen) atoms. The Kier molecular flexibility index (Phi) is 3.68. The maximum Gasteiger partial charge on any atom is 0.229 e. The third-order valence-electron chi connectivity index (χ3n) is 2.95. The van der Waals surface area contributed by atoms with Crippen LogP contribution in [0.4, 0.5) is 0 Å². The molecule has 0 bridgehead atoms.